The van der Waals surface area contributed by atoms with Crippen LogP contribution in [-0.4, -0.2) is 37.6 Å². The van der Waals surface area contributed by atoms with Crippen molar-refractivity contribution in [2.45, 2.75) is 25.6 Å². The molecule has 156 valence electrons. The van der Waals surface area contributed by atoms with Gasteiger partial charge >= 0.3 is 6.18 Å². The summed E-state index contributed by atoms with van der Waals surface area (Å²) in [4.78, 5) is 30.2. The number of halogens is 3. The highest BCUT2D eigenvalue weighted by atomic mass is 19.4. The molecule has 3 aromatic heterocycles. The van der Waals surface area contributed by atoms with E-state index < -0.39 is 11.9 Å². The van der Waals surface area contributed by atoms with Crippen LogP contribution in [0.5, 0.6) is 0 Å². The van der Waals surface area contributed by atoms with E-state index in [-0.39, 0.29) is 17.4 Å². The van der Waals surface area contributed by atoms with Crippen LogP contribution in [0, 0.1) is 5.92 Å². The number of nitrogens with zero attached hydrogens (tertiary/aromatic N) is 6. The van der Waals surface area contributed by atoms with Crippen LogP contribution >= 0.6 is 0 Å². The lowest BCUT2D eigenvalue weighted by molar-refractivity contribution is -0.141. The van der Waals surface area contributed by atoms with E-state index in [1.165, 1.54) is 6.07 Å². The van der Waals surface area contributed by atoms with Gasteiger partial charge in [-0.25, -0.2) is 15.0 Å². The molecule has 1 aliphatic heterocycles. The monoisotopic (exact) mass is 416 g/mol. The fraction of sp³-hybridized carbons (Fsp3) is 0.350. The molecule has 0 aliphatic carbocycles. The molecule has 4 heterocycles. The molecule has 0 N–H and O–H groups in total. The fourth-order valence-corrected chi connectivity index (χ4v) is 3.50. The maximum atomic E-state index is 12.9. The summed E-state index contributed by atoms with van der Waals surface area (Å²) in [7, 11) is 0. The quantitative estimate of drug-likeness (QED) is 0.651. The lowest BCUT2D eigenvalue weighted by Crippen LogP contribution is -2.37. The Morgan fingerprint density at radius 2 is 1.77 bits per heavy atom. The third-order valence-corrected chi connectivity index (χ3v) is 5.14. The SMILES string of the molecule is O=c1cc(-c2ccncc2)ncn1CC1CCN(c2nccc(C(F)(F)F)n2)CC1. The molecular formula is C20H19F3N6O. The van der Waals surface area contributed by atoms with Crippen LogP contribution in [0.3, 0.4) is 0 Å². The molecule has 1 saturated heterocycles. The second-order valence-corrected chi connectivity index (χ2v) is 7.17. The molecule has 1 fully saturated rings. The zero-order valence-electron chi connectivity index (χ0n) is 16.0. The minimum Gasteiger partial charge on any atom is -0.341 e. The van der Waals surface area contributed by atoms with E-state index >= 15 is 0 Å². The minimum atomic E-state index is -4.49. The zero-order valence-corrected chi connectivity index (χ0v) is 16.0. The molecule has 0 spiro atoms. The van der Waals surface area contributed by atoms with Crippen LogP contribution in [-0.2, 0) is 12.7 Å². The predicted molar refractivity (Wildman–Crippen MR) is 104 cm³/mol. The number of rotatable bonds is 4. The van der Waals surface area contributed by atoms with Crippen molar-refractivity contribution < 1.29 is 13.2 Å². The summed E-state index contributed by atoms with van der Waals surface area (Å²) in [5.41, 5.74) is 0.334. The summed E-state index contributed by atoms with van der Waals surface area (Å²) in [6.45, 7) is 1.58. The molecular weight excluding hydrogens is 397 g/mol. The van der Waals surface area contributed by atoms with Crippen molar-refractivity contribution in [3.63, 3.8) is 0 Å². The van der Waals surface area contributed by atoms with E-state index in [2.05, 4.69) is 19.9 Å². The molecule has 0 amide bonds. The molecule has 0 unspecified atom stereocenters. The number of aromatic nitrogens is 5. The second-order valence-electron chi connectivity index (χ2n) is 7.17. The number of hydrogen-bond acceptors (Lipinski definition) is 6. The highest BCUT2D eigenvalue weighted by molar-refractivity contribution is 5.57. The van der Waals surface area contributed by atoms with Crippen LogP contribution in [0.1, 0.15) is 18.5 Å². The first-order chi connectivity index (χ1) is 14.4. The second kappa shape index (κ2) is 8.21. The summed E-state index contributed by atoms with van der Waals surface area (Å²) >= 11 is 0. The summed E-state index contributed by atoms with van der Waals surface area (Å²) < 4.78 is 40.2. The van der Waals surface area contributed by atoms with E-state index in [1.54, 1.807) is 40.3 Å². The van der Waals surface area contributed by atoms with Crippen LogP contribution < -0.4 is 10.5 Å². The van der Waals surface area contributed by atoms with Crippen molar-refractivity contribution >= 4 is 5.95 Å². The molecule has 3 aromatic rings. The van der Waals surface area contributed by atoms with Crippen LogP contribution in [0.4, 0.5) is 19.1 Å². The van der Waals surface area contributed by atoms with Gasteiger partial charge in [-0.05, 0) is 37.0 Å². The molecule has 30 heavy (non-hydrogen) atoms. The van der Waals surface area contributed by atoms with Crippen molar-refractivity contribution in [1.82, 2.24) is 24.5 Å². The number of hydrogen-bond donors (Lipinski definition) is 0. The van der Waals surface area contributed by atoms with Crippen molar-refractivity contribution in [1.29, 1.82) is 0 Å². The molecule has 10 heteroatoms. The standard InChI is InChI=1S/C20H19F3N6O/c21-20(22,23)17-3-8-25-19(27-17)28-9-4-14(5-10-28)12-29-13-26-16(11-18(29)30)15-1-6-24-7-2-15/h1-3,6-8,11,13-14H,4-5,9-10,12H2. The summed E-state index contributed by atoms with van der Waals surface area (Å²) in [6, 6.07) is 5.95. The van der Waals surface area contributed by atoms with E-state index in [0.717, 1.165) is 30.7 Å². The lowest BCUT2D eigenvalue weighted by Gasteiger charge is -2.32. The number of alkyl halides is 3. The minimum absolute atomic E-state index is 0.0869. The Hall–Kier alpha value is -3.30. The van der Waals surface area contributed by atoms with Crippen molar-refractivity contribution in [3.8, 4) is 11.3 Å². The van der Waals surface area contributed by atoms with Crippen LogP contribution in [0.2, 0.25) is 0 Å². The van der Waals surface area contributed by atoms with Gasteiger partial charge in [0.1, 0.15) is 5.69 Å². The summed E-state index contributed by atoms with van der Waals surface area (Å²) in [5.74, 6) is 0.308. The van der Waals surface area contributed by atoms with Crippen LogP contribution in [0.25, 0.3) is 11.3 Å². The van der Waals surface area contributed by atoms with Gasteiger partial charge in [0, 0.05) is 49.9 Å². The Balaban J connectivity index is 1.39. The maximum Gasteiger partial charge on any atom is 0.433 e. The molecule has 0 atom stereocenters. The van der Waals surface area contributed by atoms with E-state index in [9.17, 15) is 18.0 Å². The third kappa shape index (κ3) is 4.47. The highest BCUT2D eigenvalue weighted by Crippen LogP contribution is 2.29. The van der Waals surface area contributed by atoms with Gasteiger partial charge in [0.15, 0.2) is 0 Å². The molecule has 7 nitrogen and oxygen atoms in total. The smallest absolute Gasteiger partial charge is 0.341 e. The normalized spacial score (nSPS) is 15.4. The van der Waals surface area contributed by atoms with E-state index in [4.69, 9.17) is 0 Å². The van der Waals surface area contributed by atoms with Gasteiger partial charge in [-0.15, -0.1) is 0 Å². The Bertz CT molecular complexity index is 1060. The molecule has 4 rings (SSSR count). The predicted octanol–water partition coefficient (Wildman–Crippen LogP) is 3.03. The molecule has 0 radical (unpaired) electrons. The highest BCUT2D eigenvalue weighted by Gasteiger charge is 2.33. The first kappa shape index (κ1) is 20.0. The topological polar surface area (TPSA) is 76.8 Å². The number of anilines is 1. The molecule has 0 bridgehead atoms. The van der Waals surface area contributed by atoms with E-state index in [1.807, 2.05) is 0 Å². The average Bonchev–Trinajstić information content (AvgIpc) is 2.76. The van der Waals surface area contributed by atoms with Crippen molar-refractivity contribution in [2.24, 2.45) is 5.92 Å². The largest absolute Gasteiger partial charge is 0.433 e. The van der Waals surface area contributed by atoms with Gasteiger partial charge in [0.05, 0.1) is 12.0 Å². The van der Waals surface area contributed by atoms with Gasteiger partial charge in [0.25, 0.3) is 5.56 Å². The Labute approximate surface area is 170 Å². The summed E-state index contributed by atoms with van der Waals surface area (Å²) in [5, 5.41) is 0. The lowest BCUT2D eigenvalue weighted by atomic mass is 9.97. The Morgan fingerprint density at radius 3 is 2.43 bits per heavy atom. The first-order valence-electron chi connectivity index (χ1n) is 9.52. The third-order valence-electron chi connectivity index (χ3n) is 5.14. The fourth-order valence-electron chi connectivity index (χ4n) is 3.50. The Kier molecular flexibility index (Phi) is 5.47. The first-order valence-corrected chi connectivity index (χ1v) is 9.52. The van der Waals surface area contributed by atoms with Crippen molar-refractivity contribution in [3.05, 3.63) is 65.2 Å². The number of pyridine rings is 1. The van der Waals surface area contributed by atoms with Gasteiger partial charge in [-0.2, -0.15) is 13.2 Å². The van der Waals surface area contributed by atoms with Crippen molar-refractivity contribution in [2.75, 3.05) is 18.0 Å². The maximum absolute atomic E-state index is 12.9. The molecule has 1 aliphatic rings. The Morgan fingerprint density at radius 1 is 1.03 bits per heavy atom. The van der Waals surface area contributed by atoms with Gasteiger partial charge in [0.2, 0.25) is 5.95 Å². The zero-order chi connectivity index (χ0) is 21.1. The van der Waals surface area contributed by atoms with Gasteiger partial charge in [-0.1, -0.05) is 0 Å². The van der Waals surface area contributed by atoms with Gasteiger partial charge in [-0.3, -0.25) is 14.3 Å². The summed E-state index contributed by atoms with van der Waals surface area (Å²) in [6.07, 6.45) is 2.91. The number of piperidine rings is 1. The average molecular weight is 416 g/mol. The van der Waals surface area contributed by atoms with Crippen LogP contribution in [0.15, 0.2) is 54.0 Å². The molecule has 0 saturated carbocycles. The molecule has 0 aromatic carbocycles. The van der Waals surface area contributed by atoms with E-state index in [0.29, 0.717) is 25.3 Å². The van der Waals surface area contributed by atoms with Gasteiger partial charge < -0.3 is 4.90 Å².